The van der Waals surface area contributed by atoms with Crippen molar-refractivity contribution in [3.8, 4) is 11.4 Å². The maximum Gasteiger partial charge on any atom is 0.306 e. The van der Waals surface area contributed by atoms with E-state index in [1.807, 2.05) is 12.1 Å². The van der Waals surface area contributed by atoms with E-state index in [0.29, 0.717) is 30.2 Å². The highest BCUT2D eigenvalue weighted by molar-refractivity contribution is 5.70. The zero-order valence-corrected chi connectivity index (χ0v) is 11.5. The van der Waals surface area contributed by atoms with Crippen LogP contribution < -0.4 is 5.73 Å². The van der Waals surface area contributed by atoms with Crippen LogP contribution in [0.4, 0.5) is 5.69 Å². The summed E-state index contributed by atoms with van der Waals surface area (Å²) in [5.41, 5.74) is 7.20. The third-order valence-electron chi connectivity index (χ3n) is 4.04. The van der Waals surface area contributed by atoms with Crippen LogP contribution in [0.3, 0.4) is 0 Å². The van der Waals surface area contributed by atoms with E-state index in [-0.39, 0.29) is 11.8 Å². The van der Waals surface area contributed by atoms with E-state index in [1.165, 1.54) is 0 Å². The summed E-state index contributed by atoms with van der Waals surface area (Å²) in [7, 11) is 0. The summed E-state index contributed by atoms with van der Waals surface area (Å²) in [6.07, 6.45) is 2.89. The van der Waals surface area contributed by atoms with Crippen LogP contribution in [0.1, 0.15) is 37.5 Å². The van der Waals surface area contributed by atoms with Crippen molar-refractivity contribution >= 4 is 11.7 Å². The molecule has 0 saturated heterocycles. The minimum Gasteiger partial charge on any atom is -0.481 e. The van der Waals surface area contributed by atoms with Gasteiger partial charge >= 0.3 is 5.97 Å². The van der Waals surface area contributed by atoms with Gasteiger partial charge in [-0.15, -0.1) is 0 Å². The highest BCUT2D eigenvalue weighted by Gasteiger charge is 2.29. The van der Waals surface area contributed by atoms with Gasteiger partial charge in [-0.2, -0.15) is 4.98 Å². The van der Waals surface area contributed by atoms with Gasteiger partial charge in [-0.25, -0.2) is 0 Å². The van der Waals surface area contributed by atoms with Crippen molar-refractivity contribution in [2.75, 3.05) is 5.73 Å². The number of carbonyl (C=O) groups is 1. The van der Waals surface area contributed by atoms with Crippen LogP contribution in [0.15, 0.2) is 28.8 Å². The molecule has 1 aliphatic rings. The molecule has 6 nitrogen and oxygen atoms in total. The number of aliphatic carboxylic acids is 1. The lowest BCUT2D eigenvalue weighted by Crippen LogP contribution is -2.20. The Balaban J connectivity index is 1.71. The van der Waals surface area contributed by atoms with E-state index in [4.69, 9.17) is 15.4 Å². The smallest absolute Gasteiger partial charge is 0.306 e. The number of nitrogens with zero attached hydrogens (tertiary/aromatic N) is 2. The summed E-state index contributed by atoms with van der Waals surface area (Å²) in [4.78, 5) is 15.4. The third kappa shape index (κ3) is 2.89. The van der Waals surface area contributed by atoms with E-state index in [0.717, 1.165) is 18.4 Å². The second kappa shape index (κ2) is 5.55. The maximum absolute atomic E-state index is 11.0. The van der Waals surface area contributed by atoms with E-state index in [1.54, 1.807) is 12.1 Å². The van der Waals surface area contributed by atoms with Gasteiger partial charge in [0.15, 0.2) is 0 Å². The highest BCUT2D eigenvalue weighted by Crippen LogP contribution is 2.35. The number of nitrogen functional groups attached to an aromatic ring is 1. The molecule has 1 saturated carbocycles. The summed E-state index contributed by atoms with van der Waals surface area (Å²) in [6.45, 7) is 0. The van der Waals surface area contributed by atoms with Gasteiger partial charge in [0.05, 0.1) is 5.92 Å². The Labute approximate surface area is 122 Å². The zero-order chi connectivity index (χ0) is 14.8. The monoisotopic (exact) mass is 287 g/mol. The Morgan fingerprint density at radius 2 is 1.86 bits per heavy atom. The van der Waals surface area contributed by atoms with Crippen LogP contribution in [0.5, 0.6) is 0 Å². The van der Waals surface area contributed by atoms with Gasteiger partial charge in [-0.3, -0.25) is 4.79 Å². The van der Waals surface area contributed by atoms with Gasteiger partial charge in [0.25, 0.3) is 0 Å². The quantitative estimate of drug-likeness (QED) is 0.841. The van der Waals surface area contributed by atoms with Crippen molar-refractivity contribution in [3.63, 3.8) is 0 Å². The molecule has 6 heteroatoms. The normalized spacial score (nSPS) is 22.1. The number of hydrogen-bond donors (Lipinski definition) is 2. The molecule has 1 aromatic heterocycles. The Bertz CT molecular complexity index is 628. The molecule has 1 aromatic carbocycles. The number of anilines is 1. The Morgan fingerprint density at radius 1 is 1.19 bits per heavy atom. The molecule has 0 aliphatic heterocycles. The number of nitrogens with two attached hydrogens (primary N) is 1. The fourth-order valence-corrected chi connectivity index (χ4v) is 2.74. The van der Waals surface area contributed by atoms with Crippen LogP contribution in [-0.4, -0.2) is 21.2 Å². The van der Waals surface area contributed by atoms with Crippen molar-refractivity contribution in [3.05, 3.63) is 30.2 Å². The molecule has 3 rings (SSSR count). The molecule has 3 N–H and O–H groups in total. The van der Waals surface area contributed by atoms with Crippen LogP contribution in [-0.2, 0) is 4.79 Å². The van der Waals surface area contributed by atoms with E-state index < -0.39 is 5.97 Å². The number of carboxylic acids is 1. The van der Waals surface area contributed by atoms with Crippen molar-refractivity contribution in [2.24, 2.45) is 5.92 Å². The maximum atomic E-state index is 11.0. The molecule has 1 fully saturated rings. The summed E-state index contributed by atoms with van der Waals surface area (Å²) in [5, 5.41) is 13.0. The van der Waals surface area contributed by atoms with E-state index in [2.05, 4.69) is 10.1 Å². The van der Waals surface area contributed by atoms with Gasteiger partial charge in [-0.05, 0) is 49.9 Å². The molecule has 0 bridgehead atoms. The second-order valence-electron chi connectivity index (χ2n) is 5.47. The lowest BCUT2D eigenvalue weighted by atomic mass is 9.82. The zero-order valence-electron chi connectivity index (χ0n) is 11.5. The molecule has 1 aliphatic carbocycles. The first-order chi connectivity index (χ1) is 10.1. The highest BCUT2D eigenvalue weighted by atomic mass is 16.5. The molecule has 21 heavy (non-hydrogen) atoms. The topological polar surface area (TPSA) is 102 Å². The summed E-state index contributed by atoms with van der Waals surface area (Å²) >= 11 is 0. The van der Waals surface area contributed by atoms with E-state index in [9.17, 15) is 4.79 Å². The van der Waals surface area contributed by atoms with Gasteiger partial charge in [0.1, 0.15) is 0 Å². The predicted octanol–water partition coefficient (Wildman–Crippen LogP) is 2.68. The van der Waals surface area contributed by atoms with Crippen LogP contribution in [0.25, 0.3) is 11.4 Å². The van der Waals surface area contributed by atoms with Crippen molar-refractivity contribution in [1.29, 1.82) is 0 Å². The van der Waals surface area contributed by atoms with Gasteiger partial charge < -0.3 is 15.4 Å². The van der Waals surface area contributed by atoms with Crippen LogP contribution in [0.2, 0.25) is 0 Å². The van der Waals surface area contributed by atoms with Gasteiger partial charge in [-0.1, -0.05) is 5.16 Å². The van der Waals surface area contributed by atoms with Gasteiger partial charge in [0.2, 0.25) is 11.7 Å². The Hall–Kier alpha value is -2.37. The minimum atomic E-state index is -0.707. The second-order valence-corrected chi connectivity index (χ2v) is 5.47. The number of benzene rings is 1. The van der Waals surface area contributed by atoms with Crippen LogP contribution >= 0.6 is 0 Å². The SMILES string of the molecule is Nc1ccc(-c2noc(C3CCC(C(=O)O)CC3)n2)cc1. The molecule has 0 atom stereocenters. The number of carboxylic acid groups (broad SMARTS) is 1. The Morgan fingerprint density at radius 3 is 2.48 bits per heavy atom. The molecule has 0 spiro atoms. The van der Waals surface area contributed by atoms with Crippen molar-refractivity contribution in [2.45, 2.75) is 31.6 Å². The molecule has 1 heterocycles. The Kier molecular flexibility index (Phi) is 3.60. The lowest BCUT2D eigenvalue weighted by molar-refractivity contribution is -0.142. The summed E-state index contributed by atoms with van der Waals surface area (Å²) in [5.74, 6) is 0.369. The predicted molar refractivity (Wildman–Crippen MR) is 76.5 cm³/mol. The molecular weight excluding hydrogens is 270 g/mol. The molecule has 0 unspecified atom stereocenters. The summed E-state index contributed by atoms with van der Waals surface area (Å²) in [6, 6.07) is 7.30. The first-order valence-electron chi connectivity index (χ1n) is 7.06. The van der Waals surface area contributed by atoms with Crippen molar-refractivity contribution < 1.29 is 14.4 Å². The molecule has 2 aromatic rings. The lowest BCUT2D eigenvalue weighted by Gasteiger charge is -2.23. The number of aromatic nitrogens is 2. The molecule has 110 valence electrons. The largest absolute Gasteiger partial charge is 0.481 e. The van der Waals surface area contributed by atoms with Gasteiger partial charge in [0, 0.05) is 17.2 Å². The van der Waals surface area contributed by atoms with Crippen molar-refractivity contribution in [1.82, 2.24) is 10.1 Å². The standard InChI is InChI=1S/C15H17N3O3/c16-12-7-5-9(6-8-12)13-17-14(21-18-13)10-1-3-11(4-2-10)15(19)20/h5-8,10-11H,1-4,16H2,(H,19,20). The fourth-order valence-electron chi connectivity index (χ4n) is 2.74. The molecular formula is C15H17N3O3. The van der Waals surface area contributed by atoms with Crippen LogP contribution in [0, 0.1) is 5.92 Å². The minimum absolute atomic E-state index is 0.163. The number of hydrogen-bond acceptors (Lipinski definition) is 5. The molecule has 0 amide bonds. The first-order valence-corrected chi connectivity index (χ1v) is 7.06. The number of rotatable bonds is 3. The molecule has 0 radical (unpaired) electrons. The third-order valence-corrected chi connectivity index (χ3v) is 4.04. The fraction of sp³-hybridized carbons (Fsp3) is 0.400. The average Bonchev–Trinajstić information content (AvgIpc) is 2.98. The van der Waals surface area contributed by atoms with E-state index >= 15 is 0 Å². The average molecular weight is 287 g/mol. The summed E-state index contributed by atoms with van der Waals surface area (Å²) < 4.78 is 5.34. The first kappa shape index (κ1) is 13.6.